The topological polar surface area (TPSA) is 47.3 Å². The van der Waals surface area contributed by atoms with E-state index in [1.165, 1.54) is 51.4 Å². The highest BCUT2D eigenvalue weighted by atomic mass is 16.5. The third-order valence-electron chi connectivity index (χ3n) is 5.42. The fourth-order valence-electron chi connectivity index (χ4n) is 3.97. The second-order valence-electron chi connectivity index (χ2n) is 7.13. The summed E-state index contributed by atoms with van der Waals surface area (Å²) in [7, 11) is 0. The zero-order valence-electron chi connectivity index (χ0n) is 13.2. The van der Waals surface area contributed by atoms with Gasteiger partial charge < -0.3 is 15.8 Å². The standard InChI is InChI=1S/C17H32N2O/c1-15(2)13-20-12-11-19-17(14-18)9-7-16(8-10-17)5-3-4-6-16/h19H,1,3-14,18H2,2H3. The van der Waals surface area contributed by atoms with Crippen molar-refractivity contribution in [1.82, 2.24) is 5.32 Å². The van der Waals surface area contributed by atoms with Gasteiger partial charge in [-0.25, -0.2) is 0 Å². The maximum Gasteiger partial charge on any atom is 0.0672 e. The first-order chi connectivity index (χ1) is 9.60. The van der Waals surface area contributed by atoms with E-state index in [1.807, 2.05) is 6.92 Å². The van der Waals surface area contributed by atoms with Crippen LogP contribution in [0, 0.1) is 5.41 Å². The third kappa shape index (κ3) is 4.06. The molecule has 3 N–H and O–H groups in total. The SMILES string of the molecule is C=C(C)COCCNC1(CN)CCC2(CCCC2)CC1. The zero-order chi connectivity index (χ0) is 14.5. The van der Waals surface area contributed by atoms with Gasteiger partial charge in [-0.2, -0.15) is 0 Å². The minimum atomic E-state index is 0.167. The summed E-state index contributed by atoms with van der Waals surface area (Å²) in [6.07, 6.45) is 11.0. The van der Waals surface area contributed by atoms with Crippen molar-refractivity contribution in [1.29, 1.82) is 0 Å². The molecule has 0 aliphatic heterocycles. The molecule has 0 heterocycles. The van der Waals surface area contributed by atoms with E-state index in [1.54, 1.807) is 0 Å². The monoisotopic (exact) mass is 280 g/mol. The molecule has 0 saturated heterocycles. The molecule has 0 aromatic carbocycles. The van der Waals surface area contributed by atoms with E-state index < -0.39 is 0 Å². The lowest BCUT2D eigenvalue weighted by Gasteiger charge is -2.45. The Bertz CT molecular complexity index is 311. The molecule has 0 radical (unpaired) electrons. The Morgan fingerprint density at radius 3 is 2.35 bits per heavy atom. The highest BCUT2D eigenvalue weighted by Gasteiger charge is 2.42. The Hall–Kier alpha value is -0.380. The molecule has 2 aliphatic rings. The van der Waals surface area contributed by atoms with Crippen molar-refractivity contribution >= 4 is 0 Å². The van der Waals surface area contributed by atoms with E-state index in [0.717, 1.165) is 25.3 Å². The van der Waals surface area contributed by atoms with Gasteiger partial charge in [0.25, 0.3) is 0 Å². The van der Waals surface area contributed by atoms with Crippen molar-refractivity contribution in [3.63, 3.8) is 0 Å². The lowest BCUT2D eigenvalue weighted by Crippen LogP contribution is -2.55. The quantitative estimate of drug-likeness (QED) is 0.557. The van der Waals surface area contributed by atoms with Crippen molar-refractivity contribution < 1.29 is 4.74 Å². The zero-order valence-corrected chi connectivity index (χ0v) is 13.2. The molecule has 0 amide bonds. The second kappa shape index (κ2) is 7.06. The lowest BCUT2D eigenvalue weighted by molar-refractivity contribution is 0.0990. The van der Waals surface area contributed by atoms with Gasteiger partial charge in [0.2, 0.25) is 0 Å². The van der Waals surface area contributed by atoms with Crippen LogP contribution in [0.2, 0.25) is 0 Å². The maximum atomic E-state index is 6.07. The predicted octanol–water partition coefficient (Wildman–Crippen LogP) is 3.00. The lowest BCUT2D eigenvalue weighted by atomic mass is 9.66. The van der Waals surface area contributed by atoms with Crippen molar-refractivity contribution in [2.24, 2.45) is 11.1 Å². The van der Waals surface area contributed by atoms with Crippen molar-refractivity contribution in [3.8, 4) is 0 Å². The first-order valence-electron chi connectivity index (χ1n) is 8.27. The van der Waals surface area contributed by atoms with Crippen LogP contribution < -0.4 is 11.1 Å². The van der Waals surface area contributed by atoms with E-state index in [4.69, 9.17) is 10.5 Å². The second-order valence-corrected chi connectivity index (χ2v) is 7.13. The molecular formula is C17H32N2O. The van der Waals surface area contributed by atoms with E-state index in [-0.39, 0.29) is 5.54 Å². The Balaban J connectivity index is 1.72. The van der Waals surface area contributed by atoms with Crippen molar-refractivity contribution in [3.05, 3.63) is 12.2 Å². The largest absolute Gasteiger partial charge is 0.376 e. The number of hydrogen-bond donors (Lipinski definition) is 2. The smallest absolute Gasteiger partial charge is 0.0672 e. The van der Waals surface area contributed by atoms with Crippen LogP contribution in [0.5, 0.6) is 0 Å². The molecule has 0 unspecified atom stereocenters. The van der Waals surface area contributed by atoms with Crippen LogP contribution in [0.15, 0.2) is 12.2 Å². The summed E-state index contributed by atoms with van der Waals surface area (Å²) in [5, 5.41) is 3.69. The van der Waals surface area contributed by atoms with E-state index >= 15 is 0 Å². The van der Waals surface area contributed by atoms with Gasteiger partial charge in [0.15, 0.2) is 0 Å². The van der Waals surface area contributed by atoms with Gasteiger partial charge in [0.1, 0.15) is 0 Å². The summed E-state index contributed by atoms with van der Waals surface area (Å²) >= 11 is 0. The number of hydrogen-bond acceptors (Lipinski definition) is 3. The van der Waals surface area contributed by atoms with E-state index in [2.05, 4.69) is 11.9 Å². The summed E-state index contributed by atoms with van der Waals surface area (Å²) < 4.78 is 5.57. The molecule has 0 aromatic rings. The minimum Gasteiger partial charge on any atom is -0.376 e. The average Bonchev–Trinajstić information content (AvgIpc) is 2.90. The predicted molar refractivity (Wildman–Crippen MR) is 84.8 cm³/mol. The first kappa shape index (κ1) is 16.0. The number of nitrogens with one attached hydrogen (secondary N) is 1. The highest BCUT2D eigenvalue weighted by Crippen LogP contribution is 2.50. The Kier molecular flexibility index (Phi) is 5.65. The van der Waals surface area contributed by atoms with E-state index in [0.29, 0.717) is 12.0 Å². The van der Waals surface area contributed by atoms with E-state index in [9.17, 15) is 0 Å². The number of rotatable bonds is 7. The van der Waals surface area contributed by atoms with Crippen molar-refractivity contribution in [2.75, 3.05) is 26.3 Å². The van der Waals surface area contributed by atoms with Gasteiger partial charge >= 0.3 is 0 Å². The number of nitrogens with two attached hydrogens (primary N) is 1. The molecule has 2 rings (SSSR count). The van der Waals surface area contributed by atoms with Crippen LogP contribution in [0.3, 0.4) is 0 Å². The molecule has 116 valence electrons. The van der Waals surface area contributed by atoms with Crippen LogP contribution >= 0.6 is 0 Å². The van der Waals surface area contributed by atoms with Crippen LogP contribution in [-0.2, 0) is 4.74 Å². The van der Waals surface area contributed by atoms with Crippen LogP contribution in [0.4, 0.5) is 0 Å². The Labute approximate surface area is 124 Å². The molecule has 3 heteroatoms. The van der Waals surface area contributed by atoms with Gasteiger partial charge in [0.05, 0.1) is 13.2 Å². The van der Waals surface area contributed by atoms with Crippen LogP contribution in [0.1, 0.15) is 58.3 Å². The van der Waals surface area contributed by atoms with Gasteiger partial charge in [-0.1, -0.05) is 25.0 Å². The first-order valence-corrected chi connectivity index (χ1v) is 8.27. The summed E-state index contributed by atoms with van der Waals surface area (Å²) in [5.41, 5.74) is 8.00. The Morgan fingerprint density at radius 1 is 1.15 bits per heavy atom. The molecule has 0 atom stereocenters. The highest BCUT2D eigenvalue weighted by molar-refractivity contribution is 5.00. The summed E-state index contributed by atoms with van der Waals surface area (Å²) in [6.45, 7) is 8.92. The molecular weight excluding hydrogens is 248 g/mol. The summed E-state index contributed by atoms with van der Waals surface area (Å²) in [4.78, 5) is 0. The molecule has 2 aliphatic carbocycles. The van der Waals surface area contributed by atoms with Gasteiger partial charge in [-0.3, -0.25) is 0 Å². The molecule has 20 heavy (non-hydrogen) atoms. The molecule has 1 spiro atoms. The fraction of sp³-hybridized carbons (Fsp3) is 0.882. The molecule has 0 aromatic heterocycles. The summed E-state index contributed by atoms with van der Waals surface area (Å²) in [6, 6.07) is 0. The number of ether oxygens (including phenoxy) is 1. The van der Waals surface area contributed by atoms with Gasteiger partial charge in [-0.05, 0) is 50.9 Å². The minimum absolute atomic E-state index is 0.167. The Morgan fingerprint density at radius 2 is 1.80 bits per heavy atom. The molecule has 2 saturated carbocycles. The van der Waals surface area contributed by atoms with Gasteiger partial charge in [0, 0.05) is 18.6 Å². The van der Waals surface area contributed by atoms with Crippen LogP contribution in [0.25, 0.3) is 0 Å². The normalized spacial score (nSPS) is 24.1. The van der Waals surface area contributed by atoms with Gasteiger partial charge in [-0.15, -0.1) is 0 Å². The molecule has 3 nitrogen and oxygen atoms in total. The fourth-order valence-corrected chi connectivity index (χ4v) is 3.97. The maximum absolute atomic E-state index is 6.07. The summed E-state index contributed by atoms with van der Waals surface area (Å²) in [5.74, 6) is 0. The average molecular weight is 280 g/mol. The van der Waals surface area contributed by atoms with Crippen molar-refractivity contribution in [2.45, 2.75) is 63.8 Å². The van der Waals surface area contributed by atoms with Crippen LogP contribution in [-0.4, -0.2) is 31.8 Å². The third-order valence-corrected chi connectivity index (χ3v) is 5.42. The molecule has 0 bridgehead atoms. The molecule has 2 fully saturated rings.